The highest BCUT2D eigenvalue weighted by molar-refractivity contribution is 5.93. The molecule has 0 N–H and O–H groups in total. The fraction of sp³-hybridized carbons (Fsp3) is 0.176. The Bertz CT molecular complexity index is 846. The zero-order valence-corrected chi connectivity index (χ0v) is 13.0. The van der Waals surface area contributed by atoms with Crippen LogP contribution in [0.5, 0.6) is 11.5 Å². The van der Waals surface area contributed by atoms with E-state index in [0.29, 0.717) is 34.1 Å². The van der Waals surface area contributed by atoms with E-state index in [-0.39, 0.29) is 0 Å². The number of benzene rings is 2. The van der Waals surface area contributed by atoms with Gasteiger partial charge in [0.1, 0.15) is 17.0 Å². The summed E-state index contributed by atoms with van der Waals surface area (Å²) in [5, 5.41) is 0. The number of carbonyl (C=O) groups is 1. The Morgan fingerprint density at radius 3 is 2.30 bits per heavy atom. The maximum absolute atomic E-state index is 11.6. The van der Waals surface area contributed by atoms with Gasteiger partial charge in [0, 0.05) is 11.6 Å². The van der Waals surface area contributed by atoms with E-state index < -0.39 is 5.97 Å². The van der Waals surface area contributed by atoms with Gasteiger partial charge in [-0.05, 0) is 30.3 Å². The molecule has 0 fully saturated rings. The van der Waals surface area contributed by atoms with Gasteiger partial charge in [-0.25, -0.2) is 9.78 Å². The zero-order valence-electron chi connectivity index (χ0n) is 13.0. The number of ether oxygens (including phenoxy) is 3. The minimum Gasteiger partial charge on any atom is -0.497 e. The summed E-state index contributed by atoms with van der Waals surface area (Å²) in [6, 6.07) is 10.3. The Morgan fingerprint density at radius 1 is 1.00 bits per heavy atom. The molecule has 23 heavy (non-hydrogen) atoms. The van der Waals surface area contributed by atoms with Crippen LogP contribution in [0.1, 0.15) is 10.4 Å². The molecule has 0 atom stereocenters. The van der Waals surface area contributed by atoms with Crippen LogP contribution in [0, 0.1) is 0 Å². The third kappa shape index (κ3) is 2.83. The summed E-state index contributed by atoms with van der Waals surface area (Å²) < 4.78 is 21.0. The summed E-state index contributed by atoms with van der Waals surface area (Å²) in [7, 11) is 4.49. The van der Waals surface area contributed by atoms with Gasteiger partial charge in [-0.15, -0.1) is 0 Å². The van der Waals surface area contributed by atoms with E-state index >= 15 is 0 Å². The van der Waals surface area contributed by atoms with Gasteiger partial charge in [0.25, 0.3) is 0 Å². The summed E-state index contributed by atoms with van der Waals surface area (Å²) >= 11 is 0. The van der Waals surface area contributed by atoms with Crippen LogP contribution in [0.2, 0.25) is 0 Å². The summed E-state index contributed by atoms with van der Waals surface area (Å²) in [5.41, 5.74) is 2.28. The highest BCUT2D eigenvalue weighted by Gasteiger charge is 2.13. The molecule has 1 aromatic heterocycles. The highest BCUT2D eigenvalue weighted by atomic mass is 16.5. The molecule has 118 valence electrons. The Labute approximate surface area is 132 Å². The van der Waals surface area contributed by atoms with E-state index in [0.717, 1.165) is 5.56 Å². The minimum atomic E-state index is -0.423. The molecule has 0 aliphatic heterocycles. The van der Waals surface area contributed by atoms with Crippen LogP contribution < -0.4 is 9.47 Å². The predicted molar refractivity (Wildman–Crippen MR) is 83.9 cm³/mol. The first-order valence-electron chi connectivity index (χ1n) is 6.87. The Hall–Kier alpha value is -3.02. The van der Waals surface area contributed by atoms with Crippen molar-refractivity contribution < 1.29 is 23.4 Å². The van der Waals surface area contributed by atoms with E-state index in [2.05, 4.69) is 4.98 Å². The van der Waals surface area contributed by atoms with E-state index in [9.17, 15) is 4.79 Å². The summed E-state index contributed by atoms with van der Waals surface area (Å²) in [5.74, 6) is 1.26. The third-order valence-electron chi connectivity index (χ3n) is 3.41. The monoisotopic (exact) mass is 313 g/mol. The molecule has 1 heterocycles. The normalized spacial score (nSPS) is 10.6. The van der Waals surface area contributed by atoms with Crippen molar-refractivity contribution in [3.63, 3.8) is 0 Å². The number of hydrogen-bond donors (Lipinski definition) is 0. The number of nitrogens with zero attached hydrogens (tertiary/aromatic N) is 1. The smallest absolute Gasteiger partial charge is 0.337 e. The summed E-state index contributed by atoms with van der Waals surface area (Å²) in [6.07, 6.45) is 0. The number of fused-ring (bicyclic) bond motifs is 1. The number of carbonyl (C=O) groups excluding carboxylic acids is 1. The maximum atomic E-state index is 11.6. The average Bonchev–Trinajstić information content (AvgIpc) is 3.03. The van der Waals surface area contributed by atoms with Crippen molar-refractivity contribution in [2.75, 3.05) is 21.3 Å². The summed E-state index contributed by atoms with van der Waals surface area (Å²) in [4.78, 5) is 16.0. The molecule has 0 amide bonds. The van der Waals surface area contributed by atoms with E-state index in [1.807, 2.05) is 0 Å². The second-order valence-corrected chi connectivity index (χ2v) is 4.79. The van der Waals surface area contributed by atoms with Crippen molar-refractivity contribution >= 4 is 17.1 Å². The number of esters is 1. The molecular weight excluding hydrogens is 298 g/mol. The van der Waals surface area contributed by atoms with Crippen molar-refractivity contribution in [2.24, 2.45) is 0 Å². The lowest BCUT2D eigenvalue weighted by atomic mass is 10.2. The lowest BCUT2D eigenvalue weighted by Gasteiger charge is -2.05. The number of methoxy groups -OCH3 is 3. The maximum Gasteiger partial charge on any atom is 0.337 e. The van der Waals surface area contributed by atoms with Gasteiger partial charge in [-0.2, -0.15) is 0 Å². The van der Waals surface area contributed by atoms with Crippen molar-refractivity contribution in [2.45, 2.75) is 0 Å². The van der Waals surface area contributed by atoms with Crippen LogP contribution in [0.25, 0.3) is 22.6 Å². The lowest BCUT2D eigenvalue weighted by molar-refractivity contribution is 0.0601. The third-order valence-corrected chi connectivity index (χ3v) is 3.41. The van der Waals surface area contributed by atoms with Crippen LogP contribution in [-0.2, 0) is 4.74 Å². The quantitative estimate of drug-likeness (QED) is 0.688. The Morgan fingerprint density at radius 2 is 1.70 bits per heavy atom. The molecule has 0 spiro atoms. The van der Waals surface area contributed by atoms with E-state index in [1.165, 1.54) is 7.11 Å². The lowest BCUT2D eigenvalue weighted by Crippen LogP contribution is -2.00. The van der Waals surface area contributed by atoms with Gasteiger partial charge in [0.15, 0.2) is 5.58 Å². The molecule has 3 rings (SSSR count). The van der Waals surface area contributed by atoms with Crippen LogP contribution in [0.15, 0.2) is 40.8 Å². The van der Waals surface area contributed by atoms with Crippen LogP contribution in [0.3, 0.4) is 0 Å². The van der Waals surface area contributed by atoms with Crippen molar-refractivity contribution in [1.82, 2.24) is 4.98 Å². The van der Waals surface area contributed by atoms with Gasteiger partial charge in [0.2, 0.25) is 5.89 Å². The number of rotatable bonds is 4. The molecular formula is C17H15NO5. The van der Waals surface area contributed by atoms with Crippen molar-refractivity contribution in [1.29, 1.82) is 0 Å². The first-order chi connectivity index (χ1) is 11.1. The molecule has 2 aromatic carbocycles. The second-order valence-electron chi connectivity index (χ2n) is 4.79. The van der Waals surface area contributed by atoms with Gasteiger partial charge in [-0.3, -0.25) is 0 Å². The standard InChI is InChI=1S/C17H15NO5/c1-20-12-6-11(7-13(9-12)21-2)16-18-14-5-4-10(17(19)22-3)8-15(14)23-16/h4-9H,1-3H3. The fourth-order valence-corrected chi connectivity index (χ4v) is 2.22. The molecule has 6 nitrogen and oxygen atoms in total. The molecule has 0 saturated carbocycles. The van der Waals surface area contributed by atoms with Gasteiger partial charge >= 0.3 is 5.97 Å². The molecule has 0 aliphatic carbocycles. The first-order valence-corrected chi connectivity index (χ1v) is 6.87. The molecule has 0 unspecified atom stereocenters. The molecule has 6 heteroatoms. The largest absolute Gasteiger partial charge is 0.497 e. The Kier molecular flexibility index (Phi) is 3.89. The van der Waals surface area contributed by atoms with Gasteiger partial charge in [0.05, 0.1) is 26.9 Å². The molecule has 3 aromatic rings. The van der Waals surface area contributed by atoms with Crippen molar-refractivity contribution in [3.8, 4) is 23.0 Å². The SMILES string of the molecule is COC(=O)c1ccc2nc(-c3cc(OC)cc(OC)c3)oc2c1. The average molecular weight is 313 g/mol. The second kappa shape index (κ2) is 6.00. The highest BCUT2D eigenvalue weighted by Crippen LogP contribution is 2.31. The summed E-state index contributed by atoms with van der Waals surface area (Å²) in [6.45, 7) is 0. The molecule has 0 saturated heterocycles. The van der Waals surface area contributed by atoms with Crippen molar-refractivity contribution in [3.05, 3.63) is 42.0 Å². The van der Waals surface area contributed by atoms with Crippen LogP contribution in [-0.4, -0.2) is 32.3 Å². The number of hydrogen-bond acceptors (Lipinski definition) is 6. The molecule has 0 bridgehead atoms. The minimum absolute atomic E-state index is 0.408. The van der Waals surface area contributed by atoms with E-state index in [1.54, 1.807) is 50.6 Å². The van der Waals surface area contributed by atoms with Gasteiger partial charge < -0.3 is 18.6 Å². The van der Waals surface area contributed by atoms with Crippen LogP contribution >= 0.6 is 0 Å². The molecule has 0 radical (unpaired) electrons. The number of oxazole rings is 1. The molecule has 0 aliphatic rings. The number of aromatic nitrogens is 1. The van der Waals surface area contributed by atoms with Gasteiger partial charge in [-0.1, -0.05) is 0 Å². The predicted octanol–water partition coefficient (Wildman–Crippen LogP) is 3.30. The fourth-order valence-electron chi connectivity index (χ4n) is 2.22. The first kappa shape index (κ1) is 14.9. The zero-order chi connectivity index (χ0) is 16.4. The Balaban J connectivity index is 2.08. The van der Waals surface area contributed by atoms with Crippen LogP contribution in [0.4, 0.5) is 0 Å². The topological polar surface area (TPSA) is 70.8 Å². The van der Waals surface area contributed by atoms with E-state index in [4.69, 9.17) is 18.6 Å².